The molecule has 3 aromatic carbocycles. The summed E-state index contributed by atoms with van der Waals surface area (Å²) >= 11 is 8.01. The Labute approximate surface area is 149 Å². The van der Waals surface area contributed by atoms with Crippen LogP contribution in [0.5, 0.6) is 0 Å². The molecule has 1 aliphatic carbocycles. The van der Waals surface area contributed by atoms with E-state index in [0.29, 0.717) is 5.66 Å². The second-order valence-corrected chi connectivity index (χ2v) is 13.2. The monoisotopic (exact) mass is 352 g/mol. The Morgan fingerprint density at radius 3 is 1.17 bits per heavy atom. The molecule has 2 heteroatoms. The molecule has 1 fully saturated rings. The van der Waals surface area contributed by atoms with Crippen LogP contribution in [-0.4, -0.2) is 5.66 Å². The molecule has 0 amide bonds. The summed E-state index contributed by atoms with van der Waals surface area (Å²) in [5.41, 5.74) is 0.518. The maximum absolute atomic E-state index is 8.01. The molecule has 24 heavy (non-hydrogen) atoms. The molecule has 0 nitrogen and oxygen atoms in total. The van der Waals surface area contributed by atoms with Gasteiger partial charge in [-0.15, -0.1) is 0 Å². The fourth-order valence-corrected chi connectivity index (χ4v) is 11.5. The standard InChI is InChI=1S/C22H22ClP/c23-24(22-17-10-18-22,19-11-4-1-5-12-19,20-13-6-2-7-14-20)21-15-8-3-9-16-21/h1-9,11-16,22H,10,17-18H2. The Kier molecular flexibility index (Phi) is 3.99. The van der Waals surface area contributed by atoms with Crippen molar-refractivity contribution in [2.45, 2.75) is 24.9 Å². The molecule has 0 radical (unpaired) electrons. The number of halogens is 1. The van der Waals surface area contributed by atoms with E-state index in [1.54, 1.807) is 0 Å². The zero-order chi connectivity index (χ0) is 16.5. The van der Waals surface area contributed by atoms with Crippen molar-refractivity contribution in [2.75, 3.05) is 0 Å². The third-order valence-corrected chi connectivity index (χ3v) is 13.9. The normalized spacial score (nSPS) is 16.8. The molecule has 0 N–H and O–H groups in total. The number of hydrogen-bond donors (Lipinski definition) is 0. The molecule has 0 saturated heterocycles. The van der Waals surface area contributed by atoms with Gasteiger partial charge in [0.15, 0.2) is 0 Å². The van der Waals surface area contributed by atoms with E-state index in [2.05, 4.69) is 91.0 Å². The van der Waals surface area contributed by atoms with Crippen LogP contribution in [0.3, 0.4) is 0 Å². The number of benzene rings is 3. The van der Waals surface area contributed by atoms with Crippen molar-refractivity contribution in [1.82, 2.24) is 0 Å². The van der Waals surface area contributed by atoms with Crippen LogP contribution in [0, 0.1) is 0 Å². The Balaban J connectivity index is 2.12. The molecule has 3 aromatic rings. The van der Waals surface area contributed by atoms with E-state index < -0.39 is 5.96 Å². The second kappa shape index (κ2) is 6.03. The molecule has 0 unspecified atom stereocenters. The van der Waals surface area contributed by atoms with Crippen molar-refractivity contribution in [3.05, 3.63) is 91.0 Å². The van der Waals surface area contributed by atoms with Crippen molar-refractivity contribution in [1.29, 1.82) is 0 Å². The molecule has 0 aliphatic heterocycles. The summed E-state index contributed by atoms with van der Waals surface area (Å²) in [6, 6.07) is 32.5. The summed E-state index contributed by atoms with van der Waals surface area (Å²) in [6.07, 6.45) is 3.70. The Bertz CT molecular complexity index is 711. The van der Waals surface area contributed by atoms with E-state index in [0.717, 1.165) is 0 Å². The van der Waals surface area contributed by atoms with Crippen LogP contribution >= 0.6 is 17.2 Å². The van der Waals surface area contributed by atoms with E-state index in [-0.39, 0.29) is 0 Å². The minimum absolute atomic E-state index is 0.518. The van der Waals surface area contributed by atoms with Gasteiger partial charge in [-0.2, -0.15) is 0 Å². The molecule has 1 aliphatic rings. The van der Waals surface area contributed by atoms with E-state index in [1.807, 2.05) is 0 Å². The number of rotatable bonds is 4. The Morgan fingerprint density at radius 2 is 0.917 bits per heavy atom. The van der Waals surface area contributed by atoms with Gasteiger partial charge >= 0.3 is 149 Å². The maximum atomic E-state index is 8.01. The zero-order valence-electron chi connectivity index (χ0n) is 13.7. The van der Waals surface area contributed by atoms with Crippen molar-refractivity contribution in [3.8, 4) is 0 Å². The van der Waals surface area contributed by atoms with Gasteiger partial charge in [-0.25, -0.2) is 0 Å². The topological polar surface area (TPSA) is 0 Å². The van der Waals surface area contributed by atoms with Gasteiger partial charge in [-0.05, 0) is 0 Å². The SMILES string of the molecule is ClP(c1ccccc1)(c1ccccc1)(c1ccccc1)C1CCC1. The van der Waals surface area contributed by atoms with Crippen LogP contribution in [0.2, 0.25) is 0 Å². The van der Waals surface area contributed by atoms with Crippen LogP contribution in [0.4, 0.5) is 0 Å². The summed E-state index contributed by atoms with van der Waals surface area (Å²) in [6.45, 7) is 0. The number of hydrogen-bond acceptors (Lipinski definition) is 0. The molecule has 1 saturated carbocycles. The third kappa shape index (κ3) is 2.10. The van der Waals surface area contributed by atoms with Gasteiger partial charge < -0.3 is 0 Å². The van der Waals surface area contributed by atoms with Crippen LogP contribution in [0.25, 0.3) is 0 Å². The van der Waals surface area contributed by atoms with E-state index in [4.69, 9.17) is 11.2 Å². The van der Waals surface area contributed by atoms with Gasteiger partial charge in [-0.3, -0.25) is 0 Å². The summed E-state index contributed by atoms with van der Waals surface area (Å²) in [7, 11) is 0. The van der Waals surface area contributed by atoms with Gasteiger partial charge in [0.25, 0.3) is 0 Å². The first-order valence-corrected chi connectivity index (χ1v) is 11.9. The van der Waals surface area contributed by atoms with Crippen molar-refractivity contribution < 1.29 is 0 Å². The molecular formula is C22H22ClP. The summed E-state index contributed by atoms with van der Waals surface area (Å²) < 4.78 is 0. The molecule has 0 spiro atoms. The average molecular weight is 353 g/mol. The Morgan fingerprint density at radius 1 is 0.583 bits per heavy atom. The fraction of sp³-hybridized carbons (Fsp3) is 0.182. The van der Waals surface area contributed by atoms with Gasteiger partial charge in [-0.1, -0.05) is 0 Å². The molecule has 4 rings (SSSR count). The minimum atomic E-state index is -2.98. The van der Waals surface area contributed by atoms with E-state index in [1.165, 1.54) is 35.2 Å². The van der Waals surface area contributed by atoms with Gasteiger partial charge in [0, 0.05) is 0 Å². The summed E-state index contributed by atoms with van der Waals surface area (Å²) in [4.78, 5) is 0. The van der Waals surface area contributed by atoms with E-state index in [9.17, 15) is 0 Å². The first kappa shape index (κ1) is 15.9. The van der Waals surface area contributed by atoms with Crippen molar-refractivity contribution in [2.24, 2.45) is 0 Å². The average Bonchev–Trinajstić information content (AvgIpc) is 2.62. The predicted molar refractivity (Wildman–Crippen MR) is 109 cm³/mol. The summed E-state index contributed by atoms with van der Waals surface area (Å²) in [5.74, 6) is -2.98. The van der Waals surface area contributed by atoms with Gasteiger partial charge in [0.2, 0.25) is 0 Å². The first-order valence-electron chi connectivity index (χ1n) is 8.65. The van der Waals surface area contributed by atoms with Crippen LogP contribution in [0.15, 0.2) is 91.0 Å². The van der Waals surface area contributed by atoms with Crippen LogP contribution < -0.4 is 15.9 Å². The van der Waals surface area contributed by atoms with Crippen molar-refractivity contribution >= 4 is 33.1 Å². The van der Waals surface area contributed by atoms with Crippen LogP contribution in [-0.2, 0) is 0 Å². The second-order valence-electron chi connectivity index (χ2n) is 6.67. The van der Waals surface area contributed by atoms with Crippen molar-refractivity contribution in [3.63, 3.8) is 0 Å². The fourth-order valence-electron chi connectivity index (χ4n) is 4.11. The first-order chi connectivity index (χ1) is 11.7. The molecule has 122 valence electrons. The van der Waals surface area contributed by atoms with E-state index >= 15 is 0 Å². The van der Waals surface area contributed by atoms with Gasteiger partial charge in [0.05, 0.1) is 0 Å². The quantitative estimate of drug-likeness (QED) is 0.564. The Hall–Kier alpha value is -1.62. The molecular weight excluding hydrogens is 331 g/mol. The van der Waals surface area contributed by atoms with Crippen LogP contribution in [0.1, 0.15) is 19.3 Å². The summed E-state index contributed by atoms with van der Waals surface area (Å²) in [5, 5.41) is 3.90. The molecule has 0 atom stereocenters. The zero-order valence-corrected chi connectivity index (χ0v) is 15.3. The molecule has 0 heterocycles. The molecule has 0 aromatic heterocycles. The predicted octanol–water partition coefficient (Wildman–Crippen LogP) is 5.22. The third-order valence-electron chi connectivity index (χ3n) is 5.54. The van der Waals surface area contributed by atoms with Gasteiger partial charge in [0.1, 0.15) is 0 Å². The molecule has 0 bridgehead atoms.